The Kier molecular flexibility index (Phi) is 3.73. The summed E-state index contributed by atoms with van der Waals surface area (Å²) in [6.07, 6.45) is 2.49. The summed E-state index contributed by atoms with van der Waals surface area (Å²) in [5, 5.41) is 9.21. The zero-order chi connectivity index (χ0) is 15.0. The molecule has 0 unspecified atom stereocenters. The topological polar surface area (TPSA) is 83.9 Å². The zero-order valence-electron chi connectivity index (χ0n) is 11.4. The molecule has 1 aliphatic heterocycles. The van der Waals surface area contributed by atoms with Crippen molar-refractivity contribution >= 4 is 16.0 Å². The second kappa shape index (κ2) is 5.40. The molecule has 0 spiro atoms. The molecule has 1 aromatic rings. The van der Waals surface area contributed by atoms with Gasteiger partial charge in [-0.05, 0) is 31.4 Å². The van der Waals surface area contributed by atoms with E-state index in [9.17, 15) is 18.3 Å². The Morgan fingerprint density at radius 1 is 1.29 bits per heavy atom. The van der Waals surface area contributed by atoms with Gasteiger partial charge in [0.1, 0.15) is 0 Å². The highest BCUT2D eigenvalue weighted by Gasteiger charge is 2.43. The van der Waals surface area contributed by atoms with Crippen molar-refractivity contribution in [1.82, 2.24) is 4.31 Å². The Labute approximate surface area is 123 Å². The summed E-state index contributed by atoms with van der Waals surface area (Å²) in [5.74, 6) is -1.23. The Bertz CT molecular complexity index is 657. The standard InChI is InChI=1S/C14H17NO5S/c16-14(17)10-4-1-2-7-13(10)21(18,19)15-8-9-20-12-6-3-5-11(12)15/h1-2,4,7,11-12H,3,5-6,8-9H2,(H,16,17)/t11-,12+/m0/s1. The molecule has 21 heavy (non-hydrogen) atoms. The fourth-order valence-electron chi connectivity index (χ4n) is 3.18. The van der Waals surface area contributed by atoms with Crippen LogP contribution in [0.4, 0.5) is 0 Å². The lowest BCUT2D eigenvalue weighted by molar-refractivity contribution is -0.0241. The second-order valence-corrected chi connectivity index (χ2v) is 7.18. The number of aromatic carboxylic acids is 1. The fraction of sp³-hybridized carbons (Fsp3) is 0.500. The Morgan fingerprint density at radius 3 is 2.81 bits per heavy atom. The molecule has 2 aliphatic rings. The molecule has 1 N–H and O–H groups in total. The molecule has 3 rings (SSSR count). The highest BCUT2D eigenvalue weighted by Crippen LogP contribution is 2.34. The number of nitrogens with zero attached hydrogens (tertiary/aromatic N) is 1. The smallest absolute Gasteiger partial charge is 0.337 e. The maximum absolute atomic E-state index is 12.9. The van der Waals surface area contributed by atoms with Crippen LogP contribution in [0.25, 0.3) is 0 Å². The Morgan fingerprint density at radius 2 is 2.05 bits per heavy atom. The third-order valence-corrected chi connectivity index (χ3v) is 6.12. The fourth-order valence-corrected chi connectivity index (χ4v) is 5.03. The molecule has 0 amide bonds. The maximum atomic E-state index is 12.9. The summed E-state index contributed by atoms with van der Waals surface area (Å²) in [7, 11) is -3.82. The number of hydrogen-bond acceptors (Lipinski definition) is 4. The van der Waals surface area contributed by atoms with Crippen molar-refractivity contribution in [2.75, 3.05) is 13.2 Å². The lowest BCUT2D eigenvalue weighted by atomic mass is 10.2. The summed E-state index contributed by atoms with van der Waals surface area (Å²) in [6, 6.07) is 5.58. The molecule has 1 heterocycles. The normalized spacial score (nSPS) is 26.5. The van der Waals surface area contributed by atoms with Crippen LogP contribution < -0.4 is 0 Å². The van der Waals surface area contributed by atoms with Gasteiger partial charge in [0.15, 0.2) is 0 Å². The molecule has 1 aliphatic carbocycles. The first-order chi connectivity index (χ1) is 10.0. The van der Waals surface area contributed by atoms with Gasteiger partial charge in [0.2, 0.25) is 10.0 Å². The predicted molar refractivity (Wildman–Crippen MR) is 74.7 cm³/mol. The van der Waals surface area contributed by atoms with Gasteiger partial charge in [-0.3, -0.25) is 0 Å². The van der Waals surface area contributed by atoms with E-state index >= 15 is 0 Å². The average Bonchev–Trinajstić information content (AvgIpc) is 2.95. The van der Waals surface area contributed by atoms with Crippen LogP contribution in [0.5, 0.6) is 0 Å². The number of morpholine rings is 1. The van der Waals surface area contributed by atoms with Crippen molar-refractivity contribution in [2.24, 2.45) is 0 Å². The summed E-state index contributed by atoms with van der Waals surface area (Å²) in [5.41, 5.74) is -0.182. The third-order valence-electron chi connectivity index (χ3n) is 4.14. The summed E-state index contributed by atoms with van der Waals surface area (Å²) in [6.45, 7) is 0.632. The molecule has 7 heteroatoms. The van der Waals surface area contributed by atoms with Crippen LogP contribution in [0, 0.1) is 0 Å². The predicted octanol–water partition coefficient (Wildman–Crippen LogP) is 1.33. The maximum Gasteiger partial charge on any atom is 0.337 e. The van der Waals surface area contributed by atoms with Crippen LogP contribution in [-0.4, -0.2) is 49.1 Å². The van der Waals surface area contributed by atoms with E-state index in [-0.39, 0.29) is 29.1 Å². The molecule has 0 aromatic heterocycles. The first kappa shape index (κ1) is 14.5. The van der Waals surface area contributed by atoms with Crippen molar-refractivity contribution in [3.63, 3.8) is 0 Å². The average molecular weight is 311 g/mol. The van der Waals surface area contributed by atoms with E-state index in [1.165, 1.54) is 22.5 Å². The van der Waals surface area contributed by atoms with Crippen LogP contribution in [0.15, 0.2) is 29.2 Å². The molecule has 2 atom stereocenters. The number of hydrogen-bond donors (Lipinski definition) is 1. The van der Waals surface area contributed by atoms with E-state index in [1.807, 2.05) is 0 Å². The van der Waals surface area contributed by atoms with Crippen LogP contribution in [0.3, 0.4) is 0 Å². The number of carbonyl (C=O) groups is 1. The summed E-state index contributed by atoms with van der Waals surface area (Å²) < 4.78 is 32.8. The van der Waals surface area contributed by atoms with Crippen LogP contribution in [0.1, 0.15) is 29.6 Å². The van der Waals surface area contributed by atoms with Gasteiger partial charge in [0.25, 0.3) is 0 Å². The lowest BCUT2D eigenvalue weighted by Crippen LogP contribution is -2.51. The molecule has 1 saturated heterocycles. The van der Waals surface area contributed by atoms with Crippen LogP contribution >= 0.6 is 0 Å². The minimum atomic E-state index is -3.82. The quantitative estimate of drug-likeness (QED) is 0.910. The van der Waals surface area contributed by atoms with Gasteiger partial charge in [0, 0.05) is 6.54 Å². The molecule has 0 bridgehead atoms. The lowest BCUT2D eigenvalue weighted by Gasteiger charge is -2.36. The van der Waals surface area contributed by atoms with Crippen molar-refractivity contribution in [3.05, 3.63) is 29.8 Å². The van der Waals surface area contributed by atoms with Crippen molar-refractivity contribution in [1.29, 1.82) is 0 Å². The molecule has 1 saturated carbocycles. The number of carboxylic acid groups (broad SMARTS) is 1. The largest absolute Gasteiger partial charge is 0.478 e. The van der Waals surface area contributed by atoms with Gasteiger partial charge in [-0.15, -0.1) is 0 Å². The van der Waals surface area contributed by atoms with Crippen LogP contribution in [0.2, 0.25) is 0 Å². The second-order valence-electron chi connectivity index (χ2n) is 5.32. The third kappa shape index (κ3) is 2.45. The summed E-state index contributed by atoms with van der Waals surface area (Å²) >= 11 is 0. The highest BCUT2D eigenvalue weighted by molar-refractivity contribution is 7.89. The highest BCUT2D eigenvalue weighted by atomic mass is 32.2. The van der Waals surface area contributed by atoms with E-state index < -0.39 is 16.0 Å². The number of rotatable bonds is 3. The Hall–Kier alpha value is -1.44. The number of carboxylic acids is 1. The van der Waals surface area contributed by atoms with E-state index in [0.717, 1.165) is 19.3 Å². The van der Waals surface area contributed by atoms with Crippen molar-refractivity contribution in [2.45, 2.75) is 36.3 Å². The molecular formula is C14H17NO5S. The molecule has 2 fully saturated rings. The van der Waals surface area contributed by atoms with Crippen molar-refractivity contribution < 1.29 is 23.1 Å². The van der Waals surface area contributed by atoms with E-state index in [0.29, 0.717) is 6.61 Å². The monoisotopic (exact) mass is 311 g/mol. The number of ether oxygens (including phenoxy) is 1. The molecule has 1 aromatic carbocycles. The molecular weight excluding hydrogens is 294 g/mol. The number of fused-ring (bicyclic) bond motifs is 1. The zero-order valence-corrected chi connectivity index (χ0v) is 12.3. The SMILES string of the molecule is O=C(O)c1ccccc1S(=O)(=O)N1CCO[C@@H]2CCC[C@@H]21. The number of sulfonamides is 1. The summed E-state index contributed by atoms with van der Waals surface area (Å²) in [4.78, 5) is 11.1. The first-order valence-corrected chi connectivity index (χ1v) is 8.41. The number of benzene rings is 1. The molecule has 114 valence electrons. The Balaban J connectivity index is 2.02. The van der Waals surface area contributed by atoms with E-state index in [1.54, 1.807) is 6.07 Å². The van der Waals surface area contributed by atoms with Gasteiger partial charge in [0.05, 0.1) is 29.2 Å². The van der Waals surface area contributed by atoms with Gasteiger partial charge < -0.3 is 9.84 Å². The first-order valence-electron chi connectivity index (χ1n) is 6.97. The van der Waals surface area contributed by atoms with Gasteiger partial charge in [-0.2, -0.15) is 4.31 Å². The van der Waals surface area contributed by atoms with E-state index in [2.05, 4.69) is 0 Å². The minimum absolute atomic E-state index is 0.0643. The van der Waals surface area contributed by atoms with Gasteiger partial charge in [-0.25, -0.2) is 13.2 Å². The molecule has 0 radical (unpaired) electrons. The van der Waals surface area contributed by atoms with Crippen LogP contribution in [-0.2, 0) is 14.8 Å². The van der Waals surface area contributed by atoms with Crippen molar-refractivity contribution in [3.8, 4) is 0 Å². The van der Waals surface area contributed by atoms with Gasteiger partial charge in [-0.1, -0.05) is 12.1 Å². The van der Waals surface area contributed by atoms with E-state index in [4.69, 9.17) is 4.74 Å². The minimum Gasteiger partial charge on any atom is -0.478 e. The van der Waals surface area contributed by atoms with Gasteiger partial charge >= 0.3 is 5.97 Å². The molecule has 6 nitrogen and oxygen atoms in total.